The lowest BCUT2D eigenvalue weighted by Crippen LogP contribution is -2.37. The van der Waals surface area contributed by atoms with Gasteiger partial charge in [-0.05, 0) is 39.8 Å². The number of hydrogen-bond acceptors (Lipinski definition) is 2. The Hall–Kier alpha value is -1.13. The molecule has 0 fully saturated rings. The van der Waals surface area contributed by atoms with Gasteiger partial charge in [-0.2, -0.15) is 0 Å². The molecular weight excluding hydrogens is 314 g/mol. The Bertz CT molecular complexity index is 564. The molecule has 0 atom stereocenters. The van der Waals surface area contributed by atoms with Gasteiger partial charge in [-0.15, -0.1) is 0 Å². The van der Waals surface area contributed by atoms with Crippen LogP contribution < -0.4 is 5.32 Å². The minimum absolute atomic E-state index is 0.149. The van der Waals surface area contributed by atoms with Gasteiger partial charge in [0, 0.05) is 34.2 Å². The molecule has 2 N–H and O–H groups in total. The number of hydrogen-bond donors (Lipinski definition) is 2. The summed E-state index contributed by atoms with van der Waals surface area (Å²) in [7, 11) is 0. The second kappa shape index (κ2) is 6.10. The molecule has 0 spiro atoms. The molecule has 1 aromatic carbocycles. The van der Waals surface area contributed by atoms with E-state index in [1.807, 2.05) is 12.1 Å². The van der Waals surface area contributed by atoms with E-state index >= 15 is 0 Å². The van der Waals surface area contributed by atoms with Crippen LogP contribution >= 0.6 is 15.9 Å². The first-order chi connectivity index (χ1) is 9.35. The predicted molar refractivity (Wildman–Crippen MR) is 87.9 cm³/mol. The first-order valence-corrected chi connectivity index (χ1v) is 7.71. The summed E-state index contributed by atoms with van der Waals surface area (Å²) < 4.78 is 1.09. The van der Waals surface area contributed by atoms with Crippen molar-refractivity contribution in [2.75, 3.05) is 6.54 Å². The predicted octanol–water partition coefficient (Wildman–Crippen LogP) is 4.08. The van der Waals surface area contributed by atoms with Crippen molar-refractivity contribution in [3.05, 3.63) is 40.3 Å². The van der Waals surface area contributed by atoms with Gasteiger partial charge in [-0.1, -0.05) is 28.1 Å². The summed E-state index contributed by atoms with van der Waals surface area (Å²) in [5, 5.41) is 3.48. The average molecular weight is 336 g/mol. The first kappa shape index (κ1) is 15.3. The molecule has 0 saturated heterocycles. The van der Waals surface area contributed by atoms with E-state index in [0.29, 0.717) is 0 Å². The SMILES string of the molecule is Cc1[nH]c(CCNC(C)(C)C)nc1-c1ccc(Br)cc1. The fraction of sp³-hybridized carbons (Fsp3) is 0.438. The topological polar surface area (TPSA) is 40.7 Å². The summed E-state index contributed by atoms with van der Waals surface area (Å²) in [5.74, 6) is 1.04. The fourth-order valence-electron chi connectivity index (χ4n) is 2.09. The molecular formula is C16H22BrN3. The van der Waals surface area contributed by atoms with Gasteiger partial charge in [-0.3, -0.25) is 0 Å². The summed E-state index contributed by atoms with van der Waals surface area (Å²) in [6.45, 7) is 9.52. The third-order valence-electron chi connectivity index (χ3n) is 3.07. The highest BCUT2D eigenvalue weighted by atomic mass is 79.9. The zero-order valence-corrected chi connectivity index (χ0v) is 14.1. The van der Waals surface area contributed by atoms with Gasteiger partial charge in [-0.25, -0.2) is 4.98 Å². The molecule has 3 nitrogen and oxygen atoms in total. The highest BCUT2D eigenvalue weighted by Crippen LogP contribution is 2.23. The summed E-state index contributed by atoms with van der Waals surface area (Å²) >= 11 is 3.46. The zero-order valence-electron chi connectivity index (χ0n) is 12.5. The van der Waals surface area contributed by atoms with Gasteiger partial charge in [0.2, 0.25) is 0 Å². The number of nitrogens with one attached hydrogen (secondary N) is 2. The lowest BCUT2D eigenvalue weighted by atomic mass is 10.1. The lowest BCUT2D eigenvalue weighted by molar-refractivity contribution is 0.427. The number of nitrogens with zero attached hydrogens (tertiary/aromatic N) is 1. The smallest absolute Gasteiger partial charge is 0.108 e. The van der Waals surface area contributed by atoms with Crippen LogP contribution in [0.15, 0.2) is 28.7 Å². The maximum absolute atomic E-state index is 4.72. The van der Waals surface area contributed by atoms with Crippen molar-refractivity contribution in [1.82, 2.24) is 15.3 Å². The number of aromatic nitrogens is 2. The normalized spacial score (nSPS) is 11.8. The second-order valence-electron chi connectivity index (χ2n) is 6.09. The summed E-state index contributed by atoms with van der Waals surface area (Å²) in [4.78, 5) is 8.10. The molecule has 20 heavy (non-hydrogen) atoms. The lowest BCUT2D eigenvalue weighted by Gasteiger charge is -2.19. The van der Waals surface area contributed by atoms with Crippen molar-refractivity contribution >= 4 is 15.9 Å². The third kappa shape index (κ3) is 4.18. The standard InChI is InChI=1S/C16H22BrN3/c1-11-15(12-5-7-13(17)8-6-12)20-14(19-11)9-10-18-16(2,3)4/h5-8,18H,9-10H2,1-4H3,(H,19,20). The fourth-order valence-corrected chi connectivity index (χ4v) is 2.35. The highest BCUT2D eigenvalue weighted by molar-refractivity contribution is 9.10. The van der Waals surface area contributed by atoms with Crippen LogP contribution in [-0.4, -0.2) is 22.1 Å². The van der Waals surface area contributed by atoms with E-state index in [1.165, 1.54) is 0 Å². The largest absolute Gasteiger partial charge is 0.346 e. The van der Waals surface area contributed by atoms with Gasteiger partial charge in [0.1, 0.15) is 5.82 Å². The van der Waals surface area contributed by atoms with E-state index in [1.54, 1.807) is 0 Å². The minimum Gasteiger partial charge on any atom is -0.346 e. The number of aromatic amines is 1. The van der Waals surface area contributed by atoms with Gasteiger partial charge < -0.3 is 10.3 Å². The Morgan fingerprint density at radius 3 is 2.45 bits per heavy atom. The number of H-pyrrole nitrogens is 1. The van der Waals surface area contributed by atoms with Crippen molar-refractivity contribution in [3.63, 3.8) is 0 Å². The Labute approximate surface area is 129 Å². The molecule has 4 heteroatoms. The van der Waals surface area contributed by atoms with Crippen molar-refractivity contribution in [1.29, 1.82) is 0 Å². The minimum atomic E-state index is 0.149. The van der Waals surface area contributed by atoms with Gasteiger partial charge in [0.25, 0.3) is 0 Å². The average Bonchev–Trinajstić information content (AvgIpc) is 2.70. The molecule has 1 heterocycles. The number of rotatable bonds is 4. The van der Waals surface area contributed by atoms with Crippen molar-refractivity contribution < 1.29 is 0 Å². The van der Waals surface area contributed by atoms with E-state index < -0.39 is 0 Å². The molecule has 0 saturated carbocycles. The van der Waals surface area contributed by atoms with E-state index in [2.05, 4.69) is 66.1 Å². The molecule has 0 aliphatic rings. The first-order valence-electron chi connectivity index (χ1n) is 6.91. The molecule has 1 aromatic heterocycles. The molecule has 0 unspecified atom stereocenters. The van der Waals surface area contributed by atoms with Gasteiger partial charge in [0.15, 0.2) is 0 Å². The monoisotopic (exact) mass is 335 g/mol. The highest BCUT2D eigenvalue weighted by Gasteiger charge is 2.11. The molecule has 0 aliphatic carbocycles. The van der Waals surface area contributed by atoms with E-state index in [0.717, 1.165) is 40.2 Å². The van der Waals surface area contributed by atoms with Crippen LogP contribution in [0.5, 0.6) is 0 Å². The quantitative estimate of drug-likeness (QED) is 0.883. The molecule has 0 aliphatic heterocycles. The Balaban J connectivity index is 2.08. The third-order valence-corrected chi connectivity index (χ3v) is 3.60. The second-order valence-corrected chi connectivity index (χ2v) is 7.01. The molecule has 0 bridgehead atoms. The molecule has 0 amide bonds. The number of imidazole rings is 1. The Morgan fingerprint density at radius 1 is 1.20 bits per heavy atom. The van der Waals surface area contributed by atoms with Gasteiger partial charge >= 0.3 is 0 Å². The summed E-state index contributed by atoms with van der Waals surface area (Å²) in [5.41, 5.74) is 3.47. The Kier molecular flexibility index (Phi) is 4.66. The zero-order chi connectivity index (χ0) is 14.8. The van der Waals surface area contributed by atoms with E-state index in [9.17, 15) is 0 Å². The maximum atomic E-state index is 4.72. The van der Waals surface area contributed by atoms with Crippen molar-refractivity contribution in [3.8, 4) is 11.3 Å². The van der Waals surface area contributed by atoms with Crippen LogP contribution in [0.2, 0.25) is 0 Å². The van der Waals surface area contributed by atoms with Crippen molar-refractivity contribution in [2.45, 2.75) is 39.7 Å². The molecule has 2 aromatic rings. The summed E-state index contributed by atoms with van der Waals surface area (Å²) in [6.07, 6.45) is 0.911. The summed E-state index contributed by atoms with van der Waals surface area (Å²) in [6, 6.07) is 8.27. The number of halogens is 1. The van der Waals surface area contributed by atoms with E-state index in [4.69, 9.17) is 4.98 Å². The van der Waals surface area contributed by atoms with Crippen LogP contribution in [0.3, 0.4) is 0 Å². The van der Waals surface area contributed by atoms with Crippen LogP contribution in [0.4, 0.5) is 0 Å². The van der Waals surface area contributed by atoms with Crippen molar-refractivity contribution in [2.24, 2.45) is 0 Å². The molecule has 108 valence electrons. The van der Waals surface area contributed by atoms with Crippen LogP contribution in [-0.2, 0) is 6.42 Å². The molecule has 2 rings (SSSR count). The van der Waals surface area contributed by atoms with Crippen LogP contribution in [0, 0.1) is 6.92 Å². The number of aryl methyl sites for hydroxylation is 1. The number of benzene rings is 1. The van der Waals surface area contributed by atoms with Crippen LogP contribution in [0.25, 0.3) is 11.3 Å². The Morgan fingerprint density at radius 2 is 1.85 bits per heavy atom. The van der Waals surface area contributed by atoms with Gasteiger partial charge in [0.05, 0.1) is 5.69 Å². The molecule has 0 radical (unpaired) electrons. The van der Waals surface area contributed by atoms with E-state index in [-0.39, 0.29) is 5.54 Å². The van der Waals surface area contributed by atoms with Crippen LogP contribution in [0.1, 0.15) is 32.3 Å². The maximum Gasteiger partial charge on any atom is 0.108 e.